The van der Waals surface area contributed by atoms with Gasteiger partial charge in [0.05, 0.1) is 6.10 Å². The van der Waals surface area contributed by atoms with E-state index < -0.39 is 0 Å². The predicted molar refractivity (Wildman–Crippen MR) is 81.7 cm³/mol. The molecule has 2 nitrogen and oxygen atoms in total. The van der Waals surface area contributed by atoms with Gasteiger partial charge in [0.2, 0.25) is 0 Å². The second-order valence-electron chi connectivity index (χ2n) is 4.92. The summed E-state index contributed by atoms with van der Waals surface area (Å²) < 4.78 is 5.55. The molecule has 0 aliphatic carbocycles. The molecule has 0 spiro atoms. The van der Waals surface area contributed by atoms with Gasteiger partial charge in [0.1, 0.15) is 5.75 Å². The molecule has 0 fully saturated rings. The van der Waals surface area contributed by atoms with E-state index in [9.17, 15) is 4.79 Å². The van der Waals surface area contributed by atoms with Crippen molar-refractivity contribution in [2.24, 2.45) is 0 Å². The van der Waals surface area contributed by atoms with Crippen LogP contribution in [0.1, 0.15) is 29.8 Å². The Labute approximate surface area is 124 Å². The first kappa shape index (κ1) is 14.6. The summed E-state index contributed by atoms with van der Waals surface area (Å²) in [6.07, 6.45) is 0.507. The van der Waals surface area contributed by atoms with Gasteiger partial charge in [-0.15, -0.1) is 0 Å². The second-order valence-corrected chi connectivity index (χ2v) is 5.35. The minimum atomic E-state index is 0.0865. The van der Waals surface area contributed by atoms with Crippen LogP contribution in [0, 0.1) is 0 Å². The van der Waals surface area contributed by atoms with Gasteiger partial charge in [-0.05, 0) is 55.8 Å². The molecule has 0 saturated heterocycles. The molecule has 0 unspecified atom stereocenters. The summed E-state index contributed by atoms with van der Waals surface area (Å²) in [6, 6.07) is 14.6. The van der Waals surface area contributed by atoms with E-state index in [0.717, 1.165) is 11.3 Å². The highest BCUT2D eigenvalue weighted by molar-refractivity contribution is 6.30. The van der Waals surface area contributed by atoms with Crippen molar-refractivity contribution in [1.29, 1.82) is 0 Å². The molecule has 0 bridgehead atoms. The van der Waals surface area contributed by atoms with Crippen molar-refractivity contribution in [2.75, 3.05) is 0 Å². The van der Waals surface area contributed by atoms with Crippen LogP contribution in [0.4, 0.5) is 0 Å². The van der Waals surface area contributed by atoms with Crippen molar-refractivity contribution in [3.05, 3.63) is 64.7 Å². The van der Waals surface area contributed by atoms with E-state index in [1.807, 2.05) is 38.1 Å². The van der Waals surface area contributed by atoms with Crippen molar-refractivity contribution in [1.82, 2.24) is 0 Å². The molecule has 0 aliphatic heterocycles. The number of halogens is 1. The summed E-state index contributed by atoms with van der Waals surface area (Å²) in [7, 11) is 0. The SMILES string of the molecule is CC(C)Oc1ccc(C(=O)Cc2ccc(Cl)cc2)cc1. The summed E-state index contributed by atoms with van der Waals surface area (Å²) in [5, 5.41) is 0.677. The zero-order chi connectivity index (χ0) is 14.5. The van der Waals surface area contributed by atoms with Gasteiger partial charge < -0.3 is 4.74 Å². The van der Waals surface area contributed by atoms with Crippen LogP contribution in [0.3, 0.4) is 0 Å². The number of hydrogen-bond acceptors (Lipinski definition) is 2. The normalized spacial score (nSPS) is 10.6. The maximum Gasteiger partial charge on any atom is 0.167 e. The first-order valence-corrected chi connectivity index (χ1v) is 6.97. The van der Waals surface area contributed by atoms with Crippen molar-refractivity contribution in [3.63, 3.8) is 0 Å². The number of hydrogen-bond donors (Lipinski definition) is 0. The van der Waals surface area contributed by atoms with Gasteiger partial charge in [-0.3, -0.25) is 4.79 Å². The van der Waals surface area contributed by atoms with Crippen LogP contribution in [0.15, 0.2) is 48.5 Å². The summed E-state index contributed by atoms with van der Waals surface area (Å²) >= 11 is 5.83. The van der Waals surface area contributed by atoms with E-state index in [2.05, 4.69) is 0 Å². The van der Waals surface area contributed by atoms with Gasteiger partial charge in [-0.1, -0.05) is 23.7 Å². The average molecular weight is 289 g/mol. The zero-order valence-corrected chi connectivity index (χ0v) is 12.4. The third kappa shape index (κ3) is 4.10. The Balaban J connectivity index is 2.03. The molecule has 0 aliphatic rings. The fourth-order valence-electron chi connectivity index (χ4n) is 1.88. The second kappa shape index (κ2) is 6.58. The van der Waals surface area contributed by atoms with Crippen LogP contribution in [0.5, 0.6) is 5.75 Å². The van der Waals surface area contributed by atoms with Crippen LogP contribution >= 0.6 is 11.6 Å². The van der Waals surface area contributed by atoms with E-state index in [1.54, 1.807) is 24.3 Å². The Kier molecular flexibility index (Phi) is 4.80. The highest BCUT2D eigenvalue weighted by Crippen LogP contribution is 2.16. The molecule has 0 amide bonds. The molecule has 104 valence electrons. The highest BCUT2D eigenvalue weighted by atomic mass is 35.5. The van der Waals surface area contributed by atoms with Gasteiger partial charge in [0.25, 0.3) is 0 Å². The third-order valence-corrected chi connectivity index (χ3v) is 3.08. The lowest BCUT2D eigenvalue weighted by Gasteiger charge is -2.09. The Morgan fingerprint density at radius 2 is 1.65 bits per heavy atom. The lowest BCUT2D eigenvalue weighted by Crippen LogP contribution is -2.06. The number of rotatable bonds is 5. The van der Waals surface area contributed by atoms with E-state index >= 15 is 0 Å². The lowest BCUT2D eigenvalue weighted by molar-refractivity contribution is 0.0993. The smallest absolute Gasteiger partial charge is 0.167 e. The highest BCUT2D eigenvalue weighted by Gasteiger charge is 2.07. The van der Waals surface area contributed by atoms with Crippen LogP contribution in [0.2, 0.25) is 5.02 Å². The first-order valence-electron chi connectivity index (χ1n) is 6.59. The van der Waals surface area contributed by atoms with E-state index in [4.69, 9.17) is 16.3 Å². The Bertz CT molecular complexity index is 571. The molecule has 20 heavy (non-hydrogen) atoms. The molecular formula is C17H17ClO2. The van der Waals surface area contributed by atoms with Crippen molar-refractivity contribution >= 4 is 17.4 Å². The van der Waals surface area contributed by atoms with Crippen molar-refractivity contribution in [2.45, 2.75) is 26.4 Å². The lowest BCUT2D eigenvalue weighted by atomic mass is 10.0. The van der Waals surface area contributed by atoms with Crippen molar-refractivity contribution in [3.8, 4) is 5.75 Å². The molecule has 0 atom stereocenters. The van der Waals surface area contributed by atoms with Crippen molar-refractivity contribution < 1.29 is 9.53 Å². The summed E-state index contributed by atoms with van der Waals surface area (Å²) in [4.78, 5) is 12.2. The van der Waals surface area contributed by atoms with Gasteiger partial charge in [0.15, 0.2) is 5.78 Å². The zero-order valence-electron chi connectivity index (χ0n) is 11.6. The molecule has 0 N–H and O–H groups in total. The van der Waals surface area contributed by atoms with Crippen LogP contribution in [-0.2, 0) is 6.42 Å². The molecule has 2 aromatic carbocycles. The molecule has 2 aromatic rings. The summed E-state index contributed by atoms with van der Waals surface area (Å²) in [5.74, 6) is 0.867. The molecular weight excluding hydrogens is 272 g/mol. The van der Waals surface area contributed by atoms with Gasteiger partial charge in [-0.25, -0.2) is 0 Å². The van der Waals surface area contributed by atoms with Gasteiger partial charge in [0, 0.05) is 17.0 Å². The maximum absolute atomic E-state index is 12.2. The van der Waals surface area contributed by atoms with Crippen LogP contribution in [-0.4, -0.2) is 11.9 Å². The monoisotopic (exact) mass is 288 g/mol. The third-order valence-electron chi connectivity index (χ3n) is 2.83. The Morgan fingerprint density at radius 3 is 2.20 bits per heavy atom. The quantitative estimate of drug-likeness (QED) is 0.754. The predicted octanol–water partition coefficient (Wildman–Crippen LogP) is 4.55. The maximum atomic E-state index is 12.2. The molecule has 0 aromatic heterocycles. The number of carbonyl (C=O) groups excluding carboxylic acids is 1. The van der Waals surface area contributed by atoms with Gasteiger partial charge >= 0.3 is 0 Å². The largest absolute Gasteiger partial charge is 0.491 e. The number of benzene rings is 2. The summed E-state index contributed by atoms with van der Waals surface area (Å²) in [5.41, 5.74) is 1.65. The topological polar surface area (TPSA) is 26.3 Å². The number of Topliss-reactive ketones (excluding diaryl/α,β-unsaturated/α-hetero) is 1. The Morgan fingerprint density at radius 1 is 1.05 bits per heavy atom. The van der Waals surface area contributed by atoms with Gasteiger partial charge in [-0.2, -0.15) is 0 Å². The van der Waals surface area contributed by atoms with Crippen LogP contribution < -0.4 is 4.74 Å². The number of ether oxygens (including phenoxy) is 1. The Hall–Kier alpha value is -1.80. The van der Waals surface area contributed by atoms with Crippen LogP contribution in [0.25, 0.3) is 0 Å². The molecule has 0 radical (unpaired) electrons. The average Bonchev–Trinajstić information content (AvgIpc) is 2.41. The molecule has 0 saturated carbocycles. The minimum absolute atomic E-state index is 0.0865. The number of ketones is 1. The fraction of sp³-hybridized carbons (Fsp3) is 0.235. The standard InChI is InChI=1S/C17H17ClO2/c1-12(2)20-16-9-5-14(6-10-16)17(19)11-13-3-7-15(18)8-4-13/h3-10,12H,11H2,1-2H3. The van der Waals surface area contributed by atoms with E-state index in [1.165, 1.54) is 0 Å². The van der Waals surface area contributed by atoms with E-state index in [0.29, 0.717) is 17.0 Å². The molecule has 0 heterocycles. The minimum Gasteiger partial charge on any atom is -0.491 e. The summed E-state index contributed by atoms with van der Waals surface area (Å²) in [6.45, 7) is 3.94. The molecule has 3 heteroatoms. The molecule has 2 rings (SSSR count). The fourth-order valence-corrected chi connectivity index (χ4v) is 2.01. The van der Waals surface area contributed by atoms with E-state index in [-0.39, 0.29) is 11.9 Å². The number of carbonyl (C=O) groups is 1. The first-order chi connectivity index (χ1) is 9.54.